The molecule has 0 aromatic heterocycles. The highest BCUT2D eigenvalue weighted by Crippen LogP contribution is 2.53. The molecule has 0 bridgehead atoms. The Hall–Kier alpha value is 0.0100. The van der Waals surface area contributed by atoms with E-state index in [0.717, 1.165) is 18.5 Å². The van der Waals surface area contributed by atoms with E-state index in [1.54, 1.807) is 0 Å². The Balaban J connectivity index is 1.68. The van der Waals surface area contributed by atoms with Crippen LogP contribution in [0.1, 0.15) is 105 Å². The molecule has 2 nitrogen and oxygen atoms in total. The highest BCUT2D eigenvalue weighted by molar-refractivity contribution is 7.99. The standard InChI is InChI=1S/C25H46O2S/c1-6-7-8-9-10-11-12-13-18-28-22-14-16-25(20-27-25)23(19-22)24(4,5)26-17-15-21(2)3/h15,22-23H,6-14,16-20H2,1-5H3. The van der Waals surface area contributed by atoms with Crippen molar-refractivity contribution in [3.8, 4) is 0 Å². The van der Waals surface area contributed by atoms with Crippen LogP contribution in [0, 0.1) is 5.92 Å². The van der Waals surface area contributed by atoms with Crippen molar-refractivity contribution in [1.29, 1.82) is 0 Å². The minimum atomic E-state index is -0.111. The molecule has 1 heterocycles. The molecule has 1 spiro atoms. The van der Waals surface area contributed by atoms with Crippen molar-refractivity contribution in [3.05, 3.63) is 11.6 Å². The quantitative estimate of drug-likeness (QED) is 0.167. The molecule has 2 rings (SSSR count). The summed E-state index contributed by atoms with van der Waals surface area (Å²) in [5.41, 5.74) is 1.35. The number of rotatable bonds is 14. The average molecular weight is 411 g/mol. The predicted molar refractivity (Wildman–Crippen MR) is 124 cm³/mol. The number of thioether (sulfide) groups is 1. The van der Waals surface area contributed by atoms with Gasteiger partial charge in [-0.25, -0.2) is 0 Å². The van der Waals surface area contributed by atoms with Gasteiger partial charge in [-0.15, -0.1) is 0 Å². The van der Waals surface area contributed by atoms with Crippen LogP contribution in [-0.4, -0.2) is 35.4 Å². The highest BCUT2D eigenvalue weighted by atomic mass is 32.2. The van der Waals surface area contributed by atoms with Gasteiger partial charge in [0, 0.05) is 11.2 Å². The van der Waals surface area contributed by atoms with Crippen LogP contribution in [0.3, 0.4) is 0 Å². The number of ether oxygens (including phenoxy) is 2. The van der Waals surface area contributed by atoms with Crippen LogP contribution in [0.5, 0.6) is 0 Å². The maximum atomic E-state index is 6.34. The fourth-order valence-electron chi connectivity index (χ4n) is 4.69. The first-order chi connectivity index (χ1) is 13.4. The number of epoxide rings is 1. The smallest absolute Gasteiger partial charge is 0.0972 e. The maximum Gasteiger partial charge on any atom is 0.0972 e. The second-order valence-electron chi connectivity index (χ2n) is 9.84. The van der Waals surface area contributed by atoms with Crippen LogP contribution >= 0.6 is 11.8 Å². The lowest BCUT2D eigenvalue weighted by molar-refractivity contribution is -0.0833. The number of hydrogen-bond donors (Lipinski definition) is 0. The first kappa shape index (κ1) is 24.3. The molecule has 2 aliphatic rings. The molecule has 1 aliphatic heterocycles. The van der Waals surface area contributed by atoms with Gasteiger partial charge in [0.2, 0.25) is 0 Å². The third-order valence-electron chi connectivity index (χ3n) is 6.68. The van der Waals surface area contributed by atoms with E-state index < -0.39 is 0 Å². The monoisotopic (exact) mass is 410 g/mol. The minimum absolute atomic E-state index is 0.111. The van der Waals surface area contributed by atoms with E-state index >= 15 is 0 Å². The van der Waals surface area contributed by atoms with Crippen LogP contribution in [0.2, 0.25) is 0 Å². The van der Waals surface area contributed by atoms with Gasteiger partial charge in [-0.2, -0.15) is 11.8 Å². The second-order valence-corrected chi connectivity index (χ2v) is 11.3. The summed E-state index contributed by atoms with van der Waals surface area (Å²) in [5.74, 6) is 1.86. The molecule has 1 aliphatic carbocycles. The Kier molecular flexibility index (Phi) is 10.4. The third-order valence-corrected chi connectivity index (χ3v) is 8.10. The van der Waals surface area contributed by atoms with Crippen LogP contribution in [0.25, 0.3) is 0 Å². The SMILES string of the molecule is CCCCCCCCCCSC1CCC2(CO2)C(C(C)(C)OCC=C(C)C)C1. The Morgan fingerprint density at radius 3 is 2.36 bits per heavy atom. The molecule has 0 aromatic rings. The van der Waals surface area contributed by atoms with E-state index in [9.17, 15) is 0 Å². The van der Waals surface area contributed by atoms with Crippen molar-refractivity contribution in [3.63, 3.8) is 0 Å². The average Bonchev–Trinajstić information content (AvgIpc) is 3.41. The van der Waals surface area contributed by atoms with E-state index in [4.69, 9.17) is 9.47 Å². The summed E-state index contributed by atoms with van der Waals surface area (Å²) >= 11 is 2.22. The fraction of sp³-hybridized carbons (Fsp3) is 0.920. The van der Waals surface area contributed by atoms with Gasteiger partial charge in [0.25, 0.3) is 0 Å². The zero-order chi connectivity index (χ0) is 20.5. The molecule has 0 N–H and O–H groups in total. The van der Waals surface area contributed by atoms with Gasteiger partial charge in [-0.05, 0) is 59.1 Å². The first-order valence-corrected chi connectivity index (χ1v) is 13.0. The summed E-state index contributed by atoms with van der Waals surface area (Å²) in [7, 11) is 0. The van der Waals surface area contributed by atoms with Gasteiger partial charge in [0.15, 0.2) is 0 Å². The molecular weight excluding hydrogens is 364 g/mol. The van der Waals surface area contributed by atoms with Crippen molar-refractivity contribution in [2.45, 2.75) is 122 Å². The van der Waals surface area contributed by atoms with Gasteiger partial charge in [-0.3, -0.25) is 0 Å². The van der Waals surface area contributed by atoms with Crippen molar-refractivity contribution in [2.75, 3.05) is 19.0 Å². The molecule has 3 unspecified atom stereocenters. The van der Waals surface area contributed by atoms with Crippen molar-refractivity contribution < 1.29 is 9.47 Å². The highest BCUT2D eigenvalue weighted by Gasteiger charge is 2.59. The van der Waals surface area contributed by atoms with E-state index in [1.807, 2.05) is 0 Å². The Bertz CT molecular complexity index is 463. The molecule has 0 aromatic carbocycles. The molecule has 1 saturated heterocycles. The molecule has 164 valence electrons. The van der Waals surface area contributed by atoms with Crippen molar-refractivity contribution in [2.24, 2.45) is 5.92 Å². The third kappa shape index (κ3) is 8.03. The maximum absolute atomic E-state index is 6.34. The molecule has 2 fully saturated rings. The molecule has 1 saturated carbocycles. The second kappa shape index (κ2) is 12.0. The molecular formula is C25H46O2S. The zero-order valence-corrected chi connectivity index (χ0v) is 20.2. The first-order valence-electron chi connectivity index (χ1n) is 11.9. The van der Waals surface area contributed by atoms with E-state index in [2.05, 4.69) is 52.5 Å². The van der Waals surface area contributed by atoms with Crippen LogP contribution in [0.4, 0.5) is 0 Å². The van der Waals surface area contributed by atoms with Gasteiger partial charge >= 0.3 is 0 Å². The fourth-order valence-corrected chi connectivity index (χ4v) is 6.01. The van der Waals surface area contributed by atoms with Crippen molar-refractivity contribution in [1.82, 2.24) is 0 Å². The largest absolute Gasteiger partial charge is 0.371 e. The van der Waals surface area contributed by atoms with Gasteiger partial charge in [0.05, 0.1) is 24.4 Å². The molecule has 3 heteroatoms. The summed E-state index contributed by atoms with van der Waals surface area (Å²) in [6, 6.07) is 0. The topological polar surface area (TPSA) is 21.8 Å². The van der Waals surface area contributed by atoms with Crippen LogP contribution in [0.15, 0.2) is 11.6 Å². The van der Waals surface area contributed by atoms with Gasteiger partial charge < -0.3 is 9.47 Å². The number of hydrogen-bond acceptors (Lipinski definition) is 3. The zero-order valence-electron chi connectivity index (χ0n) is 19.4. The number of unbranched alkanes of at least 4 members (excludes halogenated alkanes) is 7. The Labute approximate surface area is 179 Å². The summed E-state index contributed by atoms with van der Waals surface area (Å²) < 4.78 is 12.3. The minimum Gasteiger partial charge on any atom is -0.371 e. The van der Waals surface area contributed by atoms with Crippen molar-refractivity contribution >= 4 is 11.8 Å². The Morgan fingerprint density at radius 2 is 1.75 bits per heavy atom. The molecule has 0 radical (unpaired) electrons. The van der Waals surface area contributed by atoms with E-state index in [1.165, 1.54) is 82.0 Å². The van der Waals surface area contributed by atoms with Crippen LogP contribution in [-0.2, 0) is 9.47 Å². The van der Waals surface area contributed by atoms with Crippen LogP contribution < -0.4 is 0 Å². The lowest BCUT2D eigenvalue weighted by Gasteiger charge is -2.43. The summed E-state index contributed by atoms with van der Waals surface area (Å²) in [6.07, 6.45) is 17.3. The molecule has 28 heavy (non-hydrogen) atoms. The van der Waals surface area contributed by atoms with Gasteiger partial charge in [-0.1, -0.05) is 63.5 Å². The summed E-state index contributed by atoms with van der Waals surface area (Å²) in [5, 5.41) is 0.788. The normalized spacial score (nSPS) is 27.2. The lowest BCUT2D eigenvalue weighted by atomic mass is 9.71. The molecule has 3 atom stereocenters. The number of allylic oxidation sites excluding steroid dienone is 1. The predicted octanol–water partition coefficient (Wildman–Crippen LogP) is 7.56. The Morgan fingerprint density at radius 1 is 1.11 bits per heavy atom. The van der Waals surface area contributed by atoms with E-state index in [-0.39, 0.29) is 11.2 Å². The van der Waals surface area contributed by atoms with E-state index in [0.29, 0.717) is 5.92 Å². The lowest BCUT2D eigenvalue weighted by Crippen LogP contribution is -2.48. The summed E-state index contributed by atoms with van der Waals surface area (Å²) in [4.78, 5) is 0. The van der Waals surface area contributed by atoms with Gasteiger partial charge in [0.1, 0.15) is 0 Å². The summed E-state index contributed by atoms with van der Waals surface area (Å²) in [6.45, 7) is 12.8. The molecule has 0 amide bonds.